The van der Waals surface area contributed by atoms with Crippen LogP contribution < -0.4 is 5.32 Å². The largest absolute Gasteiger partial charge is 0.385 e. The molecule has 0 aromatic heterocycles. The first kappa shape index (κ1) is 12.2. The van der Waals surface area contributed by atoms with Crippen LogP contribution in [0.15, 0.2) is 29.2 Å². The summed E-state index contributed by atoms with van der Waals surface area (Å²) in [5.41, 5.74) is 3.69. The molecular weight excluding hydrogens is 202 g/mol. The Bertz CT molecular complexity index is 338. The number of benzene rings is 1. The molecule has 1 rings (SSSR count). The zero-order valence-corrected chi connectivity index (χ0v) is 10.6. The molecule has 0 spiro atoms. The number of nitrogens with one attached hydrogen (secondary N) is 1. The molecule has 0 bridgehead atoms. The van der Waals surface area contributed by atoms with Gasteiger partial charge < -0.3 is 5.32 Å². The maximum Gasteiger partial charge on any atom is 0.0340 e. The van der Waals surface area contributed by atoms with Gasteiger partial charge in [0.25, 0.3) is 0 Å². The maximum absolute atomic E-state index is 4.47. The minimum absolute atomic E-state index is 0.959. The van der Waals surface area contributed by atoms with Crippen molar-refractivity contribution >= 4 is 23.9 Å². The first-order valence-electron chi connectivity index (χ1n) is 5.42. The van der Waals surface area contributed by atoms with Gasteiger partial charge in [-0.15, -0.1) is 12.6 Å². The summed E-state index contributed by atoms with van der Waals surface area (Å²) in [6.45, 7) is 7.30. The molecule has 0 amide bonds. The summed E-state index contributed by atoms with van der Waals surface area (Å²) in [6.07, 6.45) is 0.990. The van der Waals surface area contributed by atoms with E-state index in [4.69, 9.17) is 0 Å². The standard InChI is InChI=1S/C13H19NS/c1-4-13(15)10(3)11-6-8-12(9-7-11)14-5-2/h6-9,14-15H,4-5H2,1-3H3/b13-10+. The van der Waals surface area contributed by atoms with Crippen LogP contribution in [0, 0.1) is 0 Å². The second-order valence-electron chi connectivity index (χ2n) is 3.53. The van der Waals surface area contributed by atoms with Crippen LogP contribution in [0.2, 0.25) is 0 Å². The fourth-order valence-corrected chi connectivity index (χ4v) is 1.60. The van der Waals surface area contributed by atoms with E-state index in [9.17, 15) is 0 Å². The second-order valence-corrected chi connectivity index (χ2v) is 4.07. The van der Waals surface area contributed by atoms with E-state index in [1.165, 1.54) is 16.8 Å². The van der Waals surface area contributed by atoms with Gasteiger partial charge in [-0.05, 0) is 48.4 Å². The van der Waals surface area contributed by atoms with Crippen molar-refractivity contribution in [2.45, 2.75) is 27.2 Å². The third-order valence-electron chi connectivity index (χ3n) is 2.47. The molecule has 15 heavy (non-hydrogen) atoms. The highest BCUT2D eigenvalue weighted by atomic mass is 32.1. The van der Waals surface area contributed by atoms with E-state index in [1.807, 2.05) is 0 Å². The topological polar surface area (TPSA) is 12.0 Å². The Kier molecular flexibility index (Phi) is 4.76. The van der Waals surface area contributed by atoms with Crippen molar-refractivity contribution in [1.29, 1.82) is 0 Å². The van der Waals surface area contributed by atoms with Crippen LogP contribution in [0.5, 0.6) is 0 Å². The van der Waals surface area contributed by atoms with Gasteiger partial charge >= 0.3 is 0 Å². The van der Waals surface area contributed by atoms with E-state index >= 15 is 0 Å². The number of hydrogen-bond acceptors (Lipinski definition) is 2. The summed E-state index contributed by atoms with van der Waals surface area (Å²) in [5.74, 6) is 0. The number of anilines is 1. The zero-order chi connectivity index (χ0) is 11.3. The summed E-state index contributed by atoms with van der Waals surface area (Å²) in [4.78, 5) is 1.16. The Balaban J connectivity index is 2.89. The lowest BCUT2D eigenvalue weighted by Crippen LogP contribution is -1.95. The Labute approximate surface area is 98.0 Å². The molecule has 1 N–H and O–H groups in total. The molecule has 0 atom stereocenters. The molecule has 1 aromatic rings. The van der Waals surface area contributed by atoms with E-state index in [1.54, 1.807) is 0 Å². The summed E-state index contributed by atoms with van der Waals surface area (Å²) >= 11 is 4.47. The lowest BCUT2D eigenvalue weighted by Gasteiger charge is -2.07. The predicted molar refractivity (Wildman–Crippen MR) is 72.5 cm³/mol. The van der Waals surface area contributed by atoms with Crippen molar-refractivity contribution in [2.24, 2.45) is 0 Å². The zero-order valence-electron chi connectivity index (χ0n) is 9.67. The van der Waals surface area contributed by atoms with Crippen molar-refractivity contribution in [3.05, 3.63) is 34.7 Å². The third-order valence-corrected chi connectivity index (χ3v) is 3.12. The normalized spacial score (nSPS) is 12.3. The number of hydrogen-bond donors (Lipinski definition) is 2. The van der Waals surface area contributed by atoms with Gasteiger partial charge in [-0.1, -0.05) is 19.1 Å². The average molecular weight is 221 g/mol. The molecule has 0 saturated heterocycles. The first-order chi connectivity index (χ1) is 7.19. The van der Waals surface area contributed by atoms with Crippen LogP contribution in [0.4, 0.5) is 5.69 Å². The van der Waals surface area contributed by atoms with Gasteiger partial charge in [0.15, 0.2) is 0 Å². The molecule has 82 valence electrons. The number of rotatable bonds is 4. The highest BCUT2D eigenvalue weighted by Gasteiger charge is 1.99. The van der Waals surface area contributed by atoms with Crippen LogP contribution in [0.25, 0.3) is 5.57 Å². The molecule has 0 unspecified atom stereocenters. The second kappa shape index (κ2) is 5.86. The van der Waals surface area contributed by atoms with Crippen molar-refractivity contribution in [1.82, 2.24) is 0 Å². The van der Waals surface area contributed by atoms with E-state index in [2.05, 4.69) is 63.0 Å². The maximum atomic E-state index is 4.47. The van der Waals surface area contributed by atoms with Gasteiger partial charge in [-0.3, -0.25) is 0 Å². The van der Waals surface area contributed by atoms with Gasteiger partial charge in [-0.2, -0.15) is 0 Å². The summed E-state index contributed by atoms with van der Waals surface area (Å²) in [6, 6.07) is 8.50. The Morgan fingerprint density at radius 1 is 1.20 bits per heavy atom. The first-order valence-corrected chi connectivity index (χ1v) is 5.86. The highest BCUT2D eigenvalue weighted by molar-refractivity contribution is 7.84. The summed E-state index contributed by atoms with van der Waals surface area (Å²) in [5, 5.41) is 3.28. The fourth-order valence-electron chi connectivity index (χ4n) is 1.47. The van der Waals surface area contributed by atoms with Crippen molar-refractivity contribution in [2.75, 3.05) is 11.9 Å². The molecular formula is C13H19NS. The van der Waals surface area contributed by atoms with Gasteiger partial charge in [0, 0.05) is 12.2 Å². The van der Waals surface area contributed by atoms with Gasteiger partial charge in [0.1, 0.15) is 0 Å². The average Bonchev–Trinajstić information content (AvgIpc) is 2.28. The minimum Gasteiger partial charge on any atom is -0.385 e. The Morgan fingerprint density at radius 3 is 2.27 bits per heavy atom. The SMILES string of the molecule is CCNc1ccc(/C(C)=C(/S)CC)cc1. The molecule has 0 aliphatic heterocycles. The van der Waals surface area contributed by atoms with Crippen molar-refractivity contribution in [3.8, 4) is 0 Å². The number of thiol groups is 1. The molecule has 1 aromatic carbocycles. The molecule has 1 nitrogen and oxygen atoms in total. The van der Waals surface area contributed by atoms with Gasteiger partial charge in [0.2, 0.25) is 0 Å². The molecule has 0 aliphatic carbocycles. The molecule has 2 heteroatoms. The summed E-state index contributed by atoms with van der Waals surface area (Å²) in [7, 11) is 0. The number of allylic oxidation sites excluding steroid dienone is 2. The smallest absolute Gasteiger partial charge is 0.0340 e. The monoisotopic (exact) mass is 221 g/mol. The van der Waals surface area contributed by atoms with E-state index in [-0.39, 0.29) is 0 Å². The summed E-state index contributed by atoms with van der Waals surface area (Å²) < 4.78 is 0. The van der Waals surface area contributed by atoms with Gasteiger partial charge in [-0.25, -0.2) is 0 Å². The molecule has 0 saturated carbocycles. The fraction of sp³-hybridized carbons (Fsp3) is 0.385. The van der Waals surface area contributed by atoms with E-state index in [0.29, 0.717) is 0 Å². The van der Waals surface area contributed by atoms with Crippen LogP contribution in [0.1, 0.15) is 32.8 Å². The lowest BCUT2D eigenvalue weighted by atomic mass is 10.1. The van der Waals surface area contributed by atoms with Crippen LogP contribution in [0.3, 0.4) is 0 Å². The Hall–Kier alpha value is -0.890. The van der Waals surface area contributed by atoms with Crippen LogP contribution in [-0.4, -0.2) is 6.54 Å². The lowest BCUT2D eigenvalue weighted by molar-refractivity contribution is 1.20. The van der Waals surface area contributed by atoms with Gasteiger partial charge in [0.05, 0.1) is 0 Å². The van der Waals surface area contributed by atoms with Crippen LogP contribution >= 0.6 is 12.6 Å². The van der Waals surface area contributed by atoms with Crippen molar-refractivity contribution < 1.29 is 0 Å². The van der Waals surface area contributed by atoms with Crippen LogP contribution in [-0.2, 0) is 0 Å². The predicted octanol–water partition coefficient (Wildman–Crippen LogP) is 4.19. The highest BCUT2D eigenvalue weighted by Crippen LogP contribution is 2.23. The minimum atomic E-state index is 0.959. The molecule has 0 radical (unpaired) electrons. The van der Waals surface area contributed by atoms with E-state index in [0.717, 1.165) is 17.9 Å². The quantitative estimate of drug-likeness (QED) is 0.726. The molecule has 0 heterocycles. The molecule has 0 fully saturated rings. The Morgan fingerprint density at radius 2 is 1.80 bits per heavy atom. The molecule has 0 aliphatic rings. The van der Waals surface area contributed by atoms with E-state index < -0.39 is 0 Å². The van der Waals surface area contributed by atoms with Crippen molar-refractivity contribution in [3.63, 3.8) is 0 Å². The third kappa shape index (κ3) is 3.31.